The maximum Gasteiger partial charge on any atom is 0.238 e. The number of anilines is 2. The van der Waals surface area contributed by atoms with E-state index in [0.717, 1.165) is 6.07 Å². The van der Waals surface area contributed by atoms with Crippen LogP contribution in [-0.4, -0.2) is 43.4 Å². The number of carbonyl (C=O) groups excluding carboxylic acids is 2. The third kappa shape index (κ3) is 4.85. The predicted molar refractivity (Wildman–Crippen MR) is 75.6 cm³/mol. The van der Waals surface area contributed by atoms with Crippen molar-refractivity contribution in [1.29, 1.82) is 0 Å². The molecule has 110 valence electrons. The van der Waals surface area contributed by atoms with Gasteiger partial charge in [0.05, 0.1) is 24.5 Å². The number of nitrogen functional groups attached to an aromatic ring is 1. The van der Waals surface area contributed by atoms with Crippen molar-refractivity contribution in [3.63, 3.8) is 0 Å². The quantitative estimate of drug-likeness (QED) is 0.660. The Hall–Kier alpha value is -2.15. The maximum atomic E-state index is 12.9. The Balaban J connectivity index is 2.59. The zero-order valence-corrected chi connectivity index (χ0v) is 11.6. The minimum Gasteiger partial charge on any atom is -0.397 e. The third-order valence-electron chi connectivity index (χ3n) is 2.75. The summed E-state index contributed by atoms with van der Waals surface area (Å²) in [6.45, 7) is 2.60. The van der Waals surface area contributed by atoms with Crippen molar-refractivity contribution in [1.82, 2.24) is 10.2 Å². The largest absolute Gasteiger partial charge is 0.397 e. The number of likely N-dealkylation sites (N-methyl/N-ethyl adjacent to an activating group) is 2. The second-order valence-corrected chi connectivity index (χ2v) is 4.26. The first-order valence-corrected chi connectivity index (χ1v) is 6.24. The van der Waals surface area contributed by atoms with Gasteiger partial charge in [0.15, 0.2) is 0 Å². The summed E-state index contributed by atoms with van der Waals surface area (Å²) in [5, 5.41) is 5.08. The fraction of sp³-hybridized carbons (Fsp3) is 0.385. The second kappa shape index (κ2) is 7.44. The molecule has 0 aromatic heterocycles. The molecule has 4 N–H and O–H groups in total. The first-order chi connectivity index (χ1) is 9.46. The topological polar surface area (TPSA) is 87.5 Å². The Bertz CT molecular complexity index is 493. The van der Waals surface area contributed by atoms with Gasteiger partial charge in [0, 0.05) is 7.05 Å². The maximum absolute atomic E-state index is 12.9. The van der Waals surface area contributed by atoms with Crippen molar-refractivity contribution in [2.45, 2.75) is 6.92 Å². The Morgan fingerprint density at radius 1 is 1.30 bits per heavy atom. The summed E-state index contributed by atoms with van der Waals surface area (Å²) in [6, 6.07) is 3.75. The third-order valence-corrected chi connectivity index (χ3v) is 2.75. The summed E-state index contributed by atoms with van der Waals surface area (Å²) in [6.07, 6.45) is 0. The molecule has 20 heavy (non-hydrogen) atoms. The van der Waals surface area contributed by atoms with Crippen LogP contribution in [-0.2, 0) is 9.59 Å². The van der Waals surface area contributed by atoms with Crippen molar-refractivity contribution >= 4 is 23.2 Å². The van der Waals surface area contributed by atoms with Gasteiger partial charge in [-0.3, -0.25) is 14.5 Å². The molecule has 0 spiro atoms. The molecule has 0 aliphatic heterocycles. The van der Waals surface area contributed by atoms with Crippen molar-refractivity contribution in [3.05, 3.63) is 24.0 Å². The Morgan fingerprint density at radius 2 is 1.95 bits per heavy atom. The Morgan fingerprint density at radius 3 is 2.50 bits per heavy atom. The Kier molecular flexibility index (Phi) is 5.92. The number of amides is 2. The molecule has 0 saturated heterocycles. The van der Waals surface area contributed by atoms with Gasteiger partial charge in [-0.25, -0.2) is 4.39 Å². The molecule has 0 heterocycles. The molecule has 0 radical (unpaired) electrons. The summed E-state index contributed by atoms with van der Waals surface area (Å²) in [5.74, 6) is -0.940. The molecule has 0 bridgehead atoms. The van der Waals surface area contributed by atoms with Gasteiger partial charge in [-0.05, 0) is 24.7 Å². The number of hydrogen-bond donors (Lipinski definition) is 3. The molecule has 0 saturated carbocycles. The fourth-order valence-electron chi connectivity index (χ4n) is 1.60. The van der Waals surface area contributed by atoms with Crippen LogP contribution in [0.4, 0.5) is 15.8 Å². The van der Waals surface area contributed by atoms with Gasteiger partial charge in [-0.15, -0.1) is 0 Å². The fourth-order valence-corrected chi connectivity index (χ4v) is 1.60. The van der Waals surface area contributed by atoms with Gasteiger partial charge < -0.3 is 16.4 Å². The van der Waals surface area contributed by atoms with E-state index in [-0.39, 0.29) is 30.6 Å². The normalized spacial score (nSPS) is 10.4. The predicted octanol–water partition coefficient (Wildman–Crippen LogP) is 0.414. The van der Waals surface area contributed by atoms with Crippen LogP contribution in [0.25, 0.3) is 0 Å². The molecule has 0 aliphatic carbocycles. The summed E-state index contributed by atoms with van der Waals surface area (Å²) >= 11 is 0. The molecule has 2 amide bonds. The number of benzene rings is 1. The van der Waals surface area contributed by atoms with Gasteiger partial charge >= 0.3 is 0 Å². The molecule has 1 aromatic carbocycles. The van der Waals surface area contributed by atoms with Gasteiger partial charge in [-0.1, -0.05) is 6.92 Å². The number of carbonyl (C=O) groups is 2. The van der Waals surface area contributed by atoms with Crippen LogP contribution in [0.1, 0.15) is 6.92 Å². The van der Waals surface area contributed by atoms with Crippen molar-refractivity contribution in [3.8, 4) is 0 Å². The van der Waals surface area contributed by atoms with Gasteiger partial charge in [-0.2, -0.15) is 0 Å². The number of nitrogens with two attached hydrogens (primary N) is 1. The van der Waals surface area contributed by atoms with Crippen LogP contribution in [0.3, 0.4) is 0 Å². The van der Waals surface area contributed by atoms with E-state index in [4.69, 9.17) is 5.73 Å². The van der Waals surface area contributed by atoms with Crippen molar-refractivity contribution < 1.29 is 14.0 Å². The summed E-state index contributed by atoms with van der Waals surface area (Å²) in [7, 11) is 1.54. The lowest BCUT2D eigenvalue weighted by atomic mass is 10.2. The van der Waals surface area contributed by atoms with Gasteiger partial charge in [0.1, 0.15) is 5.82 Å². The first kappa shape index (κ1) is 15.9. The van der Waals surface area contributed by atoms with E-state index >= 15 is 0 Å². The van der Waals surface area contributed by atoms with Crippen LogP contribution in [0.15, 0.2) is 18.2 Å². The molecular formula is C13H19FN4O2. The molecule has 0 unspecified atom stereocenters. The lowest BCUT2D eigenvalue weighted by molar-refractivity contribution is -0.123. The second-order valence-electron chi connectivity index (χ2n) is 4.26. The van der Waals surface area contributed by atoms with E-state index in [1.165, 1.54) is 19.2 Å². The average molecular weight is 282 g/mol. The molecular weight excluding hydrogens is 263 g/mol. The van der Waals surface area contributed by atoms with Gasteiger partial charge in [0.25, 0.3) is 0 Å². The van der Waals surface area contributed by atoms with Crippen LogP contribution < -0.4 is 16.4 Å². The van der Waals surface area contributed by atoms with Crippen LogP contribution in [0.2, 0.25) is 0 Å². The monoisotopic (exact) mass is 282 g/mol. The SMILES string of the molecule is CCN(CC(=O)NC)CC(=O)Nc1ccc(F)cc1N. The number of rotatable bonds is 6. The van der Waals surface area contributed by atoms with E-state index in [9.17, 15) is 14.0 Å². The standard InChI is InChI=1S/C13H19FN4O2/c1-3-18(7-12(19)16-2)8-13(20)17-11-5-4-9(14)6-10(11)15/h4-6H,3,7-8,15H2,1-2H3,(H,16,19)(H,17,20). The number of nitrogens with zero attached hydrogens (tertiary/aromatic N) is 1. The lowest BCUT2D eigenvalue weighted by Gasteiger charge is -2.19. The van der Waals surface area contributed by atoms with E-state index in [2.05, 4.69) is 10.6 Å². The van der Waals surface area contributed by atoms with E-state index in [1.54, 1.807) is 4.90 Å². The smallest absolute Gasteiger partial charge is 0.238 e. The zero-order chi connectivity index (χ0) is 15.1. The first-order valence-electron chi connectivity index (χ1n) is 6.24. The summed E-state index contributed by atoms with van der Waals surface area (Å²) in [5.41, 5.74) is 6.12. The average Bonchev–Trinajstić information content (AvgIpc) is 2.41. The number of halogens is 1. The molecule has 0 aliphatic rings. The van der Waals surface area contributed by atoms with Crippen LogP contribution in [0, 0.1) is 5.82 Å². The minimum atomic E-state index is -0.463. The number of nitrogens with one attached hydrogen (secondary N) is 2. The summed E-state index contributed by atoms with van der Waals surface area (Å²) < 4.78 is 12.9. The minimum absolute atomic E-state index is 0.0563. The molecule has 6 nitrogen and oxygen atoms in total. The lowest BCUT2D eigenvalue weighted by Crippen LogP contribution is -2.40. The highest BCUT2D eigenvalue weighted by atomic mass is 19.1. The van der Waals surface area contributed by atoms with Crippen LogP contribution >= 0.6 is 0 Å². The van der Waals surface area contributed by atoms with Crippen molar-refractivity contribution in [2.75, 3.05) is 37.7 Å². The molecule has 7 heteroatoms. The highest BCUT2D eigenvalue weighted by Crippen LogP contribution is 2.18. The highest BCUT2D eigenvalue weighted by Gasteiger charge is 2.13. The molecule has 1 rings (SSSR count). The zero-order valence-electron chi connectivity index (χ0n) is 11.6. The van der Waals surface area contributed by atoms with E-state index in [0.29, 0.717) is 12.2 Å². The van der Waals surface area contributed by atoms with Crippen LogP contribution in [0.5, 0.6) is 0 Å². The molecule has 0 atom stereocenters. The number of hydrogen-bond acceptors (Lipinski definition) is 4. The summed E-state index contributed by atoms with van der Waals surface area (Å²) in [4.78, 5) is 24.8. The van der Waals surface area contributed by atoms with E-state index < -0.39 is 5.82 Å². The van der Waals surface area contributed by atoms with Crippen molar-refractivity contribution in [2.24, 2.45) is 0 Å². The van der Waals surface area contributed by atoms with E-state index in [1.807, 2.05) is 6.92 Å². The highest BCUT2D eigenvalue weighted by molar-refractivity contribution is 5.95. The van der Waals surface area contributed by atoms with Gasteiger partial charge in [0.2, 0.25) is 11.8 Å². The molecule has 1 aromatic rings. The molecule has 0 fully saturated rings. The Labute approximate surface area is 117 Å².